The summed E-state index contributed by atoms with van der Waals surface area (Å²) >= 11 is 3.35. The van der Waals surface area contributed by atoms with E-state index in [0.717, 1.165) is 0 Å². The molecule has 2 heterocycles. The summed E-state index contributed by atoms with van der Waals surface area (Å²) in [5, 5.41) is 11.0. The Balaban J connectivity index is 1.78. The van der Waals surface area contributed by atoms with Gasteiger partial charge in [0.1, 0.15) is 11.4 Å². The van der Waals surface area contributed by atoms with Gasteiger partial charge in [0, 0.05) is 25.0 Å². The van der Waals surface area contributed by atoms with Crippen LogP contribution < -0.4 is 10.1 Å². The molecule has 0 bridgehead atoms. The van der Waals surface area contributed by atoms with E-state index < -0.39 is 5.91 Å². The molecule has 1 amide bonds. The first kappa shape index (κ1) is 17.2. The number of carbonyl (C=O) groups is 1. The number of aromatic nitrogens is 4. The summed E-state index contributed by atoms with van der Waals surface area (Å²) in [6.45, 7) is 0.247. The van der Waals surface area contributed by atoms with Gasteiger partial charge in [-0.3, -0.25) is 14.2 Å². The van der Waals surface area contributed by atoms with Gasteiger partial charge >= 0.3 is 0 Å². The Morgan fingerprint density at radius 1 is 1.32 bits per heavy atom. The number of rotatable bonds is 5. The van der Waals surface area contributed by atoms with E-state index in [1.165, 1.54) is 17.9 Å². The highest BCUT2D eigenvalue weighted by molar-refractivity contribution is 9.10. The predicted octanol–water partition coefficient (Wildman–Crippen LogP) is 2.83. The van der Waals surface area contributed by atoms with E-state index >= 15 is 0 Å². The lowest BCUT2D eigenvalue weighted by Crippen LogP contribution is -2.13. The first-order valence-electron chi connectivity index (χ1n) is 7.33. The van der Waals surface area contributed by atoms with Crippen LogP contribution in [0.1, 0.15) is 15.9 Å². The van der Waals surface area contributed by atoms with Gasteiger partial charge in [0.2, 0.25) is 5.88 Å². The highest BCUT2D eigenvalue weighted by Crippen LogP contribution is 2.23. The van der Waals surface area contributed by atoms with Gasteiger partial charge in [0.05, 0.1) is 18.1 Å². The average Bonchev–Trinajstić information content (AvgIpc) is 3.12. The molecule has 1 aromatic carbocycles. The average molecular weight is 408 g/mol. The van der Waals surface area contributed by atoms with Gasteiger partial charge in [0.15, 0.2) is 5.82 Å². The van der Waals surface area contributed by atoms with E-state index in [1.54, 1.807) is 42.3 Å². The van der Waals surface area contributed by atoms with Gasteiger partial charge in [-0.15, -0.1) is 5.10 Å². The fourth-order valence-corrected chi connectivity index (χ4v) is 2.73. The number of anilines is 1. The molecule has 0 radical (unpaired) electrons. The van der Waals surface area contributed by atoms with E-state index in [9.17, 15) is 9.18 Å². The number of nitrogens with one attached hydrogen (secondary N) is 1. The second kappa shape index (κ2) is 7.06. The minimum atomic E-state index is -0.401. The lowest BCUT2D eigenvalue weighted by Gasteiger charge is -2.04. The summed E-state index contributed by atoms with van der Waals surface area (Å²) in [6.07, 6.45) is 3.22. The van der Waals surface area contributed by atoms with E-state index in [2.05, 4.69) is 31.4 Å². The van der Waals surface area contributed by atoms with E-state index in [0.29, 0.717) is 21.4 Å². The van der Waals surface area contributed by atoms with Crippen molar-refractivity contribution >= 4 is 27.7 Å². The van der Waals surface area contributed by atoms with Crippen LogP contribution in [0.2, 0.25) is 0 Å². The zero-order valence-corrected chi connectivity index (χ0v) is 15.1. The second-order valence-electron chi connectivity index (χ2n) is 5.29. The molecule has 9 heteroatoms. The molecule has 3 aromatic rings. The molecular formula is C16H15BrFN5O2. The van der Waals surface area contributed by atoms with E-state index in [1.807, 2.05) is 0 Å². The van der Waals surface area contributed by atoms with Gasteiger partial charge in [-0.1, -0.05) is 18.2 Å². The van der Waals surface area contributed by atoms with Crippen LogP contribution in [0.3, 0.4) is 0 Å². The largest absolute Gasteiger partial charge is 0.479 e. The van der Waals surface area contributed by atoms with Crippen LogP contribution in [0.15, 0.2) is 41.1 Å². The Bertz CT molecular complexity index is 921. The lowest BCUT2D eigenvalue weighted by molar-refractivity contribution is 0.102. The van der Waals surface area contributed by atoms with Crippen molar-refractivity contribution in [2.24, 2.45) is 7.05 Å². The summed E-state index contributed by atoms with van der Waals surface area (Å²) in [4.78, 5) is 12.4. The second-order valence-corrected chi connectivity index (χ2v) is 6.15. The van der Waals surface area contributed by atoms with Crippen LogP contribution >= 0.6 is 15.9 Å². The summed E-state index contributed by atoms with van der Waals surface area (Å²) in [5.74, 6) is -0.157. The quantitative estimate of drug-likeness (QED) is 0.705. The van der Waals surface area contributed by atoms with Gasteiger partial charge in [-0.2, -0.15) is 5.10 Å². The van der Waals surface area contributed by atoms with Gasteiger partial charge in [0.25, 0.3) is 5.91 Å². The van der Waals surface area contributed by atoms with Crippen molar-refractivity contribution in [2.75, 3.05) is 12.4 Å². The Kier molecular flexibility index (Phi) is 4.84. The van der Waals surface area contributed by atoms with Crippen LogP contribution in [0.4, 0.5) is 10.2 Å². The Morgan fingerprint density at radius 3 is 2.80 bits per heavy atom. The number of ether oxygens (including phenoxy) is 1. The SMILES string of the molecule is COc1nn(C)cc1C(=O)Nc1nn(Cc2ccccc2F)cc1Br. The van der Waals surface area contributed by atoms with Crippen molar-refractivity contribution in [2.45, 2.75) is 6.54 Å². The molecular weight excluding hydrogens is 393 g/mol. The Labute approximate surface area is 151 Å². The molecule has 0 aliphatic carbocycles. The molecule has 0 aliphatic rings. The Hall–Kier alpha value is -2.68. The number of amides is 1. The van der Waals surface area contributed by atoms with Crippen LogP contribution in [-0.2, 0) is 13.6 Å². The van der Waals surface area contributed by atoms with Crippen LogP contribution in [0.5, 0.6) is 5.88 Å². The molecule has 0 atom stereocenters. The molecule has 7 nitrogen and oxygen atoms in total. The first-order chi connectivity index (χ1) is 12.0. The number of benzene rings is 1. The van der Waals surface area contributed by atoms with Crippen LogP contribution in [0, 0.1) is 5.82 Å². The van der Waals surface area contributed by atoms with E-state index in [-0.39, 0.29) is 18.2 Å². The minimum absolute atomic E-state index is 0.224. The zero-order valence-electron chi connectivity index (χ0n) is 13.5. The van der Waals surface area contributed by atoms with Crippen molar-refractivity contribution in [3.8, 4) is 5.88 Å². The molecule has 3 rings (SSSR count). The smallest absolute Gasteiger partial charge is 0.264 e. The third kappa shape index (κ3) is 3.71. The maximum atomic E-state index is 13.8. The summed E-state index contributed by atoms with van der Waals surface area (Å²) in [6, 6.07) is 6.47. The summed E-state index contributed by atoms with van der Waals surface area (Å²) in [5.41, 5.74) is 0.796. The van der Waals surface area contributed by atoms with Crippen molar-refractivity contribution in [1.82, 2.24) is 19.6 Å². The monoisotopic (exact) mass is 407 g/mol. The normalized spacial score (nSPS) is 10.7. The molecule has 1 N–H and O–H groups in total. The number of hydrogen-bond acceptors (Lipinski definition) is 4. The number of aryl methyl sites for hydroxylation is 1. The molecule has 0 unspecified atom stereocenters. The highest BCUT2D eigenvalue weighted by atomic mass is 79.9. The van der Waals surface area contributed by atoms with Gasteiger partial charge in [-0.25, -0.2) is 4.39 Å². The Morgan fingerprint density at radius 2 is 2.08 bits per heavy atom. The predicted molar refractivity (Wildman–Crippen MR) is 93.1 cm³/mol. The van der Waals surface area contributed by atoms with Gasteiger partial charge < -0.3 is 10.1 Å². The van der Waals surface area contributed by atoms with Crippen molar-refractivity contribution in [3.63, 3.8) is 0 Å². The van der Waals surface area contributed by atoms with Crippen molar-refractivity contribution in [1.29, 1.82) is 0 Å². The highest BCUT2D eigenvalue weighted by Gasteiger charge is 2.19. The molecule has 25 heavy (non-hydrogen) atoms. The molecule has 0 fully saturated rings. The zero-order chi connectivity index (χ0) is 18.0. The maximum Gasteiger partial charge on any atom is 0.264 e. The number of methoxy groups -OCH3 is 1. The minimum Gasteiger partial charge on any atom is -0.479 e. The molecule has 0 saturated heterocycles. The topological polar surface area (TPSA) is 74.0 Å². The van der Waals surface area contributed by atoms with Crippen molar-refractivity contribution in [3.05, 3.63) is 58.1 Å². The summed E-state index contributed by atoms with van der Waals surface area (Å²) in [7, 11) is 3.14. The number of halogens is 2. The number of hydrogen-bond donors (Lipinski definition) is 1. The molecule has 2 aromatic heterocycles. The first-order valence-corrected chi connectivity index (χ1v) is 8.12. The maximum absolute atomic E-state index is 13.8. The van der Waals surface area contributed by atoms with Gasteiger partial charge in [-0.05, 0) is 22.0 Å². The fourth-order valence-electron chi connectivity index (χ4n) is 2.31. The molecule has 0 saturated carbocycles. The number of nitrogens with zero attached hydrogens (tertiary/aromatic N) is 4. The third-order valence-corrected chi connectivity index (χ3v) is 4.05. The van der Waals surface area contributed by atoms with Crippen molar-refractivity contribution < 1.29 is 13.9 Å². The lowest BCUT2D eigenvalue weighted by atomic mass is 10.2. The number of carbonyl (C=O) groups excluding carboxylic acids is 1. The molecule has 0 aliphatic heterocycles. The molecule has 130 valence electrons. The van der Waals surface area contributed by atoms with Crippen LogP contribution in [-0.4, -0.2) is 32.6 Å². The fraction of sp³-hybridized carbons (Fsp3) is 0.188. The van der Waals surface area contributed by atoms with Crippen LogP contribution in [0.25, 0.3) is 0 Å². The third-order valence-electron chi connectivity index (χ3n) is 3.47. The standard InChI is InChI=1S/C16H15BrFN5O2/c1-22-8-11(16(21-22)25-2)15(24)19-14-12(17)9-23(20-14)7-10-5-3-4-6-13(10)18/h3-6,8-9H,7H2,1-2H3,(H,19,20,24). The van der Waals surface area contributed by atoms with E-state index in [4.69, 9.17) is 4.74 Å². The summed E-state index contributed by atoms with van der Waals surface area (Å²) < 4.78 is 22.4. The molecule has 0 spiro atoms.